The molecule has 2 saturated carbocycles. The SMILES string of the molecule is CCOC1C(C(=O)NCC2C=CC(C)C3CC(CCCC(=O)NC4CCCCCCCCC4)CC23)O[C@H](CC)C(NC(C)=O)[C@H]1OC(C)=O. The van der Waals surface area contributed by atoms with Crippen molar-refractivity contribution in [2.75, 3.05) is 13.2 Å². The monoisotopic (exact) mass is 687 g/mol. The van der Waals surface area contributed by atoms with Crippen LogP contribution in [0, 0.1) is 29.6 Å². The number of nitrogens with one attached hydrogen (secondary N) is 3. The highest BCUT2D eigenvalue weighted by Gasteiger charge is 2.51. The van der Waals surface area contributed by atoms with Crippen molar-refractivity contribution < 1.29 is 33.4 Å². The number of esters is 1. The smallest absolute Gasteiger partial charge is 0.303 e. The quantitative estimate of drug-likeness (QED) is 0.166. The minimum Gasteiger partial charge on any atom is -0.457 e. The zero-order valence-electron chi connectivity index (χ0n) is 30.9. The average Bonchev–Trinajstić information content (AvgIpc) is 3.50. The van der Waals surface area contributed by atoms with Crippen LogP contribution in [0.1, 0.15) is 131 Å². The van der Waals surface area contributed by atoms with E-state index in [4.69, 9.17) is 14.2 Å². The first-order valence-corrected chi connectivity index (χ1v) is 19.6. The predicted octanol–water partition coefficient (Wildman–Crippen LogP) is 5.77. The van der Waals surface area contributed by atoms with E-state index < -0.39 is 36.4 Å². The number of fused-ring (bicyclic) bond motifs is 1. The fraction of sp³-hybridized carbons (Fsp3) is 0.846. The fourth-order valence-electron chi connectivity index (χ4n) is 9.11. The highest BCUT2D eigenvalue weighted by molar-refractivity contribution is 5.82. The number of hydrogen-bond donors (Lipinski definition) is 3. The largest absolute Gasteiger partial charge is 0.457 e. The second-order valence-electron chi connectivity index (χ2n) is 15.3. The third kappa shape index (κ3) is 11.5. The third-order valence-corrected chi connectivity index (χ3v) is 11.5. The highest BCUT2D eigenvalue weighted by atomic mass is 16.6. The van der Waals surface area contributed by atoms with Crippen molar-refractivity contribution in [2.24, 2.45) is 29.6 Å². The Kier molecular flexibility index (Phi) is 15.9. The van der Waals surface area contributed by atoms with Crippen molar-refractivity contribution in [3.8, 4) is 0 Å². The first-order chi connectivity index (χ1) is 23.6. The van der Waals surface area contributed by atoms with E-state index in [0.29, 0.717) is 49.1 Å². The van der Waals surface area contributed by atoms with Gasteiger partial charge in [0.05, 0.1) is 12.1 Å². The number of ether oxygens (including phenoxy) is 3. The molecule has 0 aromatic carbocycles. The minimum absolute atomic E-state index is 0.207. The van der Waals surface area contributed by atoms with E-state index >= 15 is 0 Å². The Balaban J connectivity index is 1.30. The number of hydrogen-bond acceptors (Lipinski definition) is 7. The second-order valence-corrected chi connectivity index (χ2v) is 15.3. The Morgan fingerprint density at radius 3 is 2.16 bits per heavy atom. The molecule has 0 spiro atoms. The first kappa shape index (κ1) is 39.3. The summed E-state index contributed by atoms with van der Waals surface area (Å²) in [6.07, 6.45) is 18.0. The van der Waals surface area contributed by atoms with E-state index in [1.54, 1.807) is 0 Å². The maximum absolute atomic E-state index is 13.8. The van der Waals surface area contributed by atoms with E-state index in [1.807, 2.05) is 13.8 Å². The standard InChI is InChI=1S/C39H65N3O7/c1-6-33-35(41-26(4)43)36(48-27(5)44)37(47-7-2)38(49-33)39(46)40-24-29-21-20-25(3)31-22-28(23-32(29)31)16-15-19-34(45)42-30-17-13-11-9-8-10-12-14-18-30/h20-21,25,28-33,35-38H,6-19,22-24H2,1-5H3,(H,40,46)(H,41,43)(H,42,45)/t25?,28?,29?,31?,32?,33-,35?,36-,37?,38?/m1/s1. The minimum atomic E-state index is -0.986. The molecular weight excluding hydrogens is 622 g/mol. The van der Waals surface area contributed by atoms with E-state index in [0.717, 1.165) is 38.5 Å². The van der Waals surface area contributed by atoms with Gasteiger partial charge in [-0.25, -0.2) is 0 Å². The van der Waals surface area contributed by atoms with Crippen molar-refractivity contribution in [3.05, 3.63) is 12.2 Å². The normalized spacial score (nSPS) is 34.0. The Hall–Kier alpha value is -2.46. The Morgan fingerprint density at radius 2 is 1.53 bits per heavy atom. The van der Waals surface area contributed by atoms with Crippen LogP contribution < -0.4 is 16.0 Å². The predicted molar refractivity (Wildman–Crippen MR) is 189 cm³/mol. The van der Waals surface area contributed by atoms with Gasteiger partial charge in [0, 0.05) is 39.5 Å². The van der Waals surface area contributed by atoms with Crippen molar-refractivity contribution in [3.63, 3.8) is 0 Å². The van der Waals surface area contributed by atoms with Gasteiger partial charge in [0.1, 0.15) is 6.10 Å². The lowest BCUT2D eigenvalue weighted by molar-refractivity contribution is -0.215. The van der Waals surface area contributed by atoms with Gasteiger partial charge < -0.3 is 30.2 Å². The lowest BCUT2D eigenvalue weighted by Crippen LogP contribution is -2.67. The molecule has 8 unspecified atom stereocenters. The molecule has 0 aromatic heterocycles. The van der Waals surface area contributed by atoms with Gasteiger partial charge in [0.25, 0.3) is 5.91 Å². The molecule has 1 aliphatic heterocycles. The average molecular weight is 688 g/mol. The molecule has 4 aliphatic rings. The van der Waals surface area contributed by atoms with Crippen LogP contribution in [0.25, 0.3) is 0 Å². The van der Waals surface area contributed by atoms with Crippen LogP contribution in [0.2, 0.25) is 0 Å². The zero-order valence-corrected chi connectivity index (χ0v) is 30.9. The van der Waals surface area contributed by atoms with Crippen LogP contribution in [0.3, 0.4) is 0 Å². The van der Waals surface area contributed by atoms with E-state index in [2.05, 4.69) is 35.0 Å². The molecule has 0 radical (unpaired) electrons. The Bertz CT molecular complexity index is 1100. The fourth-order valence-corrected chi connectivity index (χ4v) is 9.11. The molecule has 10 atom stereocenters. The summed E-state index contributed by atoms with van der Waals surface area (Å²) in [4.78, 5) is 50.8. The van der Waals surface area contributed by atoms with Gasteiger partial charge in [-0.2, -0.15) is 0 Å². The Morgan fingerprint density at radius 1 is 0.857 bits per heavy atom. The first-order valence-electron chi connectivity index (χ1n) is 19.6. The van der Waals surface area contributed by atoms with Crippen molar-refractivity contribution in [1.29, 1.82) is 0 Å². The molecule has 3 fully saturated rings. The summed E-state index contributed by atoms with van der Waals surface area (Å²) in [5.74, 6) is 1.45. The van der Waals surface area contributed by atoms with Crippen molar-refractivity contribution in [2.45, 2.75) is 167 Å². The topological polar surface area (TPSA) is 132 Å². The summed E-state index contributed by atoms with van der Waals surface area (Å²) in [6.45, 7) is 9.53. The zero-order chi connectivity index (χ0) is 35.3. The third-order valence-electron chi connectivity index (χ3n) is 11.5. The molecule has 3 N–H and O–H groups in total. The molecule has 3 aliphatic carbocycles. The number of amides is 3. The van der Waals surface area contributed by atoms with Crippen LogP contribution in [-0.4, -0.2) is 73.3 Å². The summed E-state index contributed by atoms with van der Waals surface area (Å²) >= 11 is 0. The molecular formula is C39H65N3O7. The van der Waals surface area contributed by atoms with Crippen LogP contribution in [0.5, 0.6) is 0 Å². The molecule has 3 amide bonds. The van der Waals surface area contributed by atoms with Crippen molar-refractivity contribution >= 4 is 23.7 Å². The van der Waals surface area contributed by atoms with Gasteiger partial charge in [0.2, 0.25) is 11.8 Å². The second kappa shape index (κ2) is 19.8. The maximum atomic E-state index is 13.8. The molecule has 0 aromatic rings. The highest BCUT2D eigenvalue weighted by Crippen LogP contribution is 2.49. The Labute approximate surface area is 295 Å². The summed E-state index contributed by atoms with van der Waals surface area (Å²) in [5, 5.41) is 9.40. The molecule has 1 saturated heterocycles. The number of carbonyl (C=O) groups excluding carboxylic acids is 4. The van der Waals surface area contributed by atoms with Gasteiger partial charge >= 0.3 is 5.97 Å². The summed E-state index contributed by atoms with van der Waals surface area (Å²) in [5.41, 5.74) is 0. The lowest BCUT2D eigenvalue weighted by Gasteiger charge is -2.45. The molecule has 4 rings (SSSR count). The summed E-state index contributed by atoms with van der Waals surface area (Å²) in [7, 11) is 0. The van der Waals surface area contributed by atoms with Gasteiger partial charge in [0.15, 0.2) is 12.2 Å². The molecule has 0 bridgehead atoms. The number of allylic oxidation sites excluding steroid dienone is 1. The molecule has 49 heavy (non-hydrogen) atoms. The molecule has 1 heterocycles. The maximum Gasteiger partial charge on any atom is 0.303 e. The van der Waals surface area contributed by atoms with Crippen LogP contribution in [0.4, 0.5) is 0 Å². The van der Waals surface area contributed by atoms with E-state index in [1.165, 1.54) is 58.8 Å². The van der Waals surface area contributed by atoms with Gasteiger partial charge in [-0.3, -0.25) is 19.2 Å². The van der Waals surface area contributed by atoms with Crippen LogP contribution in [-0.2, 0) is 33.4 Å². The lowest BCUT2D eigenvalue weighted by atomic mass is 9.73. The van der Waals surface area contributed by atoms with Gasteiger partial charge in [-0.1, -0.05) is 70.9 Å². The van der Waals surface area contributed by atoms with Crippen LogP contribution in [0.15, 0.2) is 12.2 Å². The summed E-state index contributed by atoms with van der Waals surface area (Å²) < 4.78 is 18.0. The molecule has 10 nitrogen and oxygen atoms in total. The molecule has 278 valence electrons. The van der Waals surface area contributed by atoms with E-state index in [-0.39, 0.29) is 30.2 Å². The number of rotatable bonds is 13. The van der Waals surface area contributed by atoms with Crippen molar-refractivity contribution in [1.82, 2.24) is 16.0 Å². The van der Waals surface area contributed by atoms with E-state index in [9.17, 15) is 19.2 Å². The van der Waals surface area contributed by atoms with Gasteiger partial charge in [-0.05, 0) is 81.5 Å². The number of carbonyl (C=O) groups is 4. The molecule has 10 heteroatoms. The van der Waals surface area contributed by atoms with Gasteiger partial charge in [-0.15, -0.1) is 0 Å². The summed E-state index contributed by atoms with van der Waals surface area (Å²) in [6, 6.07) is -0.294. The van der Waals surface area contributed by atoms with Crippen LogP contribution >= 0.6 is 0 Å².